The fourth-order valence-corrected chi connectivity index (χ4v) is 4.39. The van der Waals surface area contributed by atoms with Crippen molar-refractivity contribution in [1.82, 2.24) is 15.0 Å². The summed E-state index contributed by atoms with van der Waals surface area (Å²) in [6.07, 6.45) is 5.49. The van der Waals surface area contributed by atoms with Gasteiger partial charge in [-0.3, -0.25) is 15.2 Å². The number of hydrogen-bond donors (Lipinski definition) is 1. The molecule has 1 aromatic carbocycles. The molecule has 9 heteroatoms. The average molecular weight is 427 g/mol. The van der Waals surface area contributed by atoms with Crippen LogP contribution in [0.2, 0.25) is 10.0 Å². The Hall–Kier alpha value is -2.90. The third kappa shape index (κ3) is 3.36. The number of carbonyl (C=O) groups is 1. The van der Waals surface area contributed by atoms with Crippen molar-refractivity contribution in [3.05, 3.63) is 59.0 Å². The van der Waals surface area contributed by atoms with Crippen molar-refractivity contribution in [3.63, 3.8) is 0 Å². The first-order valence-electron chi connectivity index (χ1n) is 9.17. The molecule has 2 aliphatic heterocycles. The number of rotatable bonds is 2. The highest BCUT2D eigenvalue weighted by Crippen LogP contribution is 2.40. The van der Waals surface area contributed by atoms with Gasteiger partial charge in [0.05, 0.1) is 23.6 Å². The van der Waals surface area contributed by atoms with Gasteiger partial charge >= 0.3 is 6.03 Å². The Balaban J connectivity index is 1.55. The predicted molar refractivity (Wildman–Crippen MR) is 114 cm³/mol. The number of nitrogens with zero attached hydrogens (tertiary/aromatic N) is 5. The summed E-state index contributed by atoms with van der Waals surface area (Å²) in [5.41, 5.74) is 2.44. The first kappa shape index (κ1) is 18.1. The van der Waals surface area contributed by atoms with Crippen molar-refractivity contribution in [3.8, 4) is 11.3 Å². The predicted octanol–water partition coefficient (Wildman–Crippen LogP) is 4.48. The van der Waals surface area contributed by atoms with Crippen LogP contribution < -0.4 is 15.1 Å². The number of carbonyl (C=O) groups excluding carboxylic acids is 1. The van der Waals surface area contributed by atoms with Crippen LogP contribution in [-0.2, 0) is 0 Å². The van der Waals surface area contributed by atoms with Gasteiger partial charge in [-0.25, -0.2) is 14.8 Å². The number of anilines is 3. The molecule has 2 aliphatic rings. The van der Waals surface area contributed by atoms with Crippen LogP contribution >= 0.6 is 23.2 Å². The molecule has 1 N–H and O–H groups in total. The Morgan fingerprint density at radius 2 is 1.97 bits per heavy atom. The molecule has 3 aromatic rings. The Kier molecular flexibility index (Phi) is 4.49. The second-order valence-corrected chi connectivity index (χ2v) is 7.85. The van der Waals surface area contributed by atoms with Crippen LogP contribution in [0, 0.1) is 0 Å². The highest BCUT2D eigenvalue weighted by atomic mass is 35.5. The molecule has 0 unspecified atom stereocenters. The van der Waals surface area contributed by atoms with Gasteiger partial charge in [0.15, 0.2) is 11.6 Å². The molecule has 1 atom stereocenters. The number of nitrogens with one attached hydrogen (secondary N) is 1. The van der Waals surface area contributed by atoms with Gasteiger partial charge in [-0.1, -0.05) is 23.2 Å². The molecule has 1 fully saturated rings. The third-order valence-corrected chi connectivity index (χ3v) is 5.56. The van der Waals surface area contributed by atoms with Crippen molar-refractivity contribution >= 4 is 46.6 Å². The Labute approximate surface area is 177 Å². The van der Waals surface area contributed by atoms with Gasteiger partial charge in [-0.2, -0.15) is 0 Å². The van der Waals surface area contributed by atoms with Crippen molar-refractivity contribution < 1.29 is 4.79 Å². The molecule has 0 saturated carbocycles. The lowest BCUT2D eigenvalue weighted by Gasteiger charge is -2.35. The number of hydrogen-bond acceptors (Lipinski definition) is 5. The zero-order chi connectivity index (χ0) is 20.0. The van der Waals surface area contributed by atoms with Crippen LogP contribution in [0.3, 0.4) is 0 Å². The SMILES string of the molecule is O=C(Nc1cnccn1)N1c2nc(-c3cc(Cl)cc(Cl)c3)ccc2N2CC[C@H]1C2. The number of urea groups is 1. The number of fused-ring (bicyclic) bond motifs is 4. The molecule has 1 saturated heterocycles. The van der Waals surface area contributed by atoms with Gasteiger partial charge in [0.2, 0.25) is 0 Å². The van der Waals surface area contributed by atoms with Gasteiger partial charge in [0.1, 0.15) is 0 Å². The molecule has 0 radical (unpaired) electrons. The van der Waals surface area contributed by atoms with E-state index in [1.165, 1.54) is 12.4 Å². The summed E-state index contributed by atoms with van der Waals surface area (Å²) in [5, 5.41) is 3.90. The maximum absolute atomic E-state index is 13.1. The van der Waals surface area contributed by atoms with E-state index in [-0.39, 0.29) is 12.1 Å². The number of halogens is 2. The van der Waals surface area contributed by atoms with Crippen LogP contribution in [0.4, 0.5) is 22.1 Å². The van der Waals surface area contributed by atoms with Crippen molar-refractivity contribution in [2.45, 2.75) is 12.5 Å². The smallest absolute Gasteiger partial charge is 0.329 e. The van der Waals surface area contributed by atoms with Crippen molar-refractivity contribution in [2.24, 2.45) is 0 Å². The summed E-state index contributed by atoms with van der Waals surface area (Å²) in [4.78, 5) is 30.1. The number of aromatic nitrogens is 3. The molecule has 0 aliphatic carbocycles. The third-order valence-electron chi connectivity index (χ3n) is 5.13. The summed E-state index contributed by atoms with van der Waals surface area (Å²) in [5.74, 6) is 1.02. The van der Waals surface area contributed by atoms with Crippen LogP contribution in [0.5, 0.6) is 0 Å². The second-order valence-electron chi connectivity index (χ2n) is 6.98. The number of amides is 2. The maximum Gasteiger partial charge on any atom is 0.329 e. The molecule has 5 rings (SSSR count). The lowest BCUT2D eigenvalue weighted by Crippen LogP contribution is -2.48. The van der Waals surface area contributed by atoms with Gasteiger partial charge in [-0.15, -0.1) is 0 Å². The normalized spacial score (nSPS) is 17.2. The lowest BCUT2D eigenvalue weighted by atomic mass is 10.1. The molecule has 29 heavy (non-hydrogen) atoms. The maximum atomic E-state index is 13.1. The molecule has 4 heterocycles. The summed E-state index contributed by atoms with van der Waals surface area (Å²) in [7, 11) is 0. The molecule has 2 aromatic heterocycles. The van der Waals surface area contributed by atoms with Crippen LogP contribution in [0.15, 0.2) is 48.9 Å². The van der Waals surface area contributed by atoms with E-state index in [4.69, 9.17) is 28.2 Å². The molecular weight excluding hydrogens is 411 g/mol. The molecule has 7 nitrogen and oxygen atoms in total. The van der Waals surface area contributed by atoms with Gasteiger partial charge in [0.25, 0.3) is 0 Å². The number of pyridine rings is 1. The van der Waals surface area contributed by atoms with E-state index < -0.39 is 0 Å². The second kappa shape index (κ2) is 7.17. The van der Waals surface area contributed by atoms with E-state index in [0.717, 1.165) is 30.8 Å². The average Bonchev–Trinajstić information content (AvgIpc) is 3.12. The van der Waals surface area contributed by atoms with E-state index in [9.17, 15) is 4.79 Å². The lowest BCUT2D eigenvalue weighted by molar-refractivity contribution is 0.254. The van der Waals surface area contributed by atoms with Crippen molar-refractivity contribution in [2.75, 3.05) is 28.2 Å². The van der Waals surface area contributed by atoms with Crippen LogP contribution in [-0.4, -0.2) is 40.1 Å². The quantitative estimate of drug-likeness (QED) is 0.653. The van der Waals surface area contributed by atoms with Crippen LogP contribution in [0.1, 0.15) is 6.42 Å². The topological polar surface area (TPSA) is 74.2 Å². The fraction of sp³-hybridized carbons (Fsp3) is 0.200. The van der Waals surface area contributed by atoms with E-state index in [1.54, 1.807) is 17.2 Å². The standard InChI is InChI=1S/C20H16Cl2N6O/c21-13-7-12(8-14(22)9-13)16-1-2-17-19(25-16)28(15-3-6-27(17)11-15)20(29)26-18-10-23-4-5-24-18/h1-2,4-5,7-10,15H,3,6,11H2,(H,24,26,29)/t15-/m0/s1. The Morgan fingerprint density at radius 1 is 1.14 bits per heavy atom. The van der Waals surface area contributed by atoms with E-state index in [1.807, 2.05) is 24.3 Å². The molecule has 146 valence electrons. The zero-order valence-corrected chi connectivity index (χ0v) is 16.7. The minimum absolute atomic E-state index is 0.0462. The highest BCUT2D eigenvalue weighted by molar-refractivity contribution is 6.35. The highest BCUT2D eigenvalue weighted by Gasteiger charge is 2.40. The first-order chi connectivity index (χ1) is 14.1. The van der Waals surface area contributed by atoms with Gasteiger partial charge in [0, 0.05) is 41.1 Å². The van der Waals surface area contributed by atoms with Gasteiger partial charge in [-0.05, 0) is 36.8 Å². The van der Waals surface area contributed by atoms with Crippen LogP contribution in [0.25, 0.3) is 11.3 Å². The summed E-state index contributed by atoms with van der Waals surface area (Å²) < 4.78 is 0. The monoisotopic (exact) mass is 426 g/mol. The van der Waals surface area contributed by atoms with E-state index in [2.05, 4.69) is 20.2 Å². The first-order valence-corrected chi connectivity index (χ1v) is 9.93. The zero-order valence-electron chi connectivity index (χ0n) is 15.2. The molecule has 2 amide bonds. The molecule has 0 spiro atoms. The van der Waals surface area contributed by atoms with E-state index in [0.29, 0.717) is 27.4 Å². The van der Waals surface area contributed by atoms with Crippen molar-refractivity contribution in [1.29, 1.82) is 0 Å². The summed E-state index contributed by atoms with van der Waals surface area (Å²) >= 11 is 12.3. The minimum Gasteiger partial charge on any atom is -0.366 e. The van der Waals surface area contributed by atoms with Gasteiger partial charge < -0.3 is 4.90 Å². The molecular formula is C20H16Cl2N6O. The Morgan fingerprint density at radius 3 is 2.72 bits per heavy atom. The summed E-state index contributed by atoms with van der Waals surface area (Å²) in [6, 6.07) is 9.00. The minimum atomic E-state index is -0.271. The fourth-order valence-electron chi connectivity index (χ4n) is 3.87. The largest absolute Gasteiger partial charge is 0.366 e. The Bertz CT molecular complexity index is 1070. The van der Waals surface area contributed by atoms with E-state index >= 15 is 0 Å². The summed E-state index contributed by atoms with van der Waals surface area (Å²) in [6.45, 7) is 1.67. The number of benzene rings is 1. The molecule has 2 bridgehead atoms.